The summed E-state index contributed by atoms with van der Waals surface area (Å²) in [7, 11) is -2.35. The Hall–Kier alpha value is -0.753. The van der Waals surface area contributed by atoms with Crippen LogP contribution in [0, 0.1) is 0 Å². The van der Waals surface area contributed by atoms with Gasteiger partial charge in [-0.1, -0.05) is 20.8 Å². The van der Waals surface area contributed by atoms with Crippen LogP contribution in [0.15, 0.2) is 0 Å². The van der Waals surface area contributed by atoms with Gasteiger partial charge in [0, 0.05) is 0 Å². The first kappa shape index (κ1) is 27.8. The first-order valence-electron chi connectivity index (χ1n) is 12.2. The quantitative estimate of drug-likeness (QED) is 0.576. The minimum atomic E-state index is -2.35. The Kier molecular flexibility index (Phi) is 7.10. The highest BCUT2D eigenvalue weighted by Crippen LogP contribution is 2.46. The highest BCUT2D eigenvalue weighted by atomic mass is 28.4. The fourth-order valence-corrected chi connectivity index (χ4v) is 5.78. The second kappa shape index (κ2) is 8.67. The molecule has 3 saturated heterocycles. The maximum Gasteiger partial charge on any atom is 0.412 e. The smallest absolute Gasteiger partial charge is 0.412 e. The number of rotatable bonds is 4. The molecule has 3 rings (SSSR count). The number of fused-ring (bicyclic) bond motifs is 1. The summed E-state index contributed by atoms with van der Waals surface area (Å²) in [6.07, 6.45) is -4.37. The van der Waals surface area contributed by atoms with Crippen LogP contribution in [0.25, 0.3) is 0 Å². The van der Waals surface area contributed by atoms with Crippen molar-refractivity contribution >= 4 is 14.4 Å². The zero-order chi connectivity index (χ0) is 26.1. The van der Waals surface area contributed by atoms with Gasteiger partial charge in [0.1, 0.15) is 23.9 Å². The van der Waals surface area contributed by atoms with Crippen LogP contribution in [0.3, 0.4) is 0 Å². The van der Waals surface area contributed by atoms with Crippen LogP contribution >= 0.6 is 0 Å². The third kappa shape index (κ3) is 5.63. The summed E-state index contributed by atoms with van der Waals surface area (Å²) in [5, 5.41) is 11.2. The Morgan fingerprint density at radius 2 is 1.56 bits per heavy atom. The summed E-state index contributed by atoms with van der Waals surface area (Å²) in [5.74, 6) is -1.71. The molecule has 0 radical (unpaired) electrons. The van der Waals surface area contributed by atoms with Gasteiger partial charge in [-0.05, 0) is 66.6 Å². The highest BCUT2D eigenvalue weighted by molar-refractivity contribution is 6.74. The van der Waals surface area contributed by atoms with Gasteiger partial charge >= 0.3 is 6.09 Å². The number of aliphatic hydroxyl groups is 1. The van der Waals surface area contributed by atoms with Gasteiger partial charge in [-0.2, -0.15) is 0 Å². The van der Waals surface area contributed by atoms with Crippen molar-refractivity contribution in [2.24, 2.45) is 0 Å². The Morgan fingerprint density at radius 3 is 2.03 bits per heavy atom. The van der Waals surface area contributed by atoms with E-state index in [-0.39, 0.29) is 5.04 Å². The average molecular weight is 504 g/mol. The Balaban J connectivity index is 2.07. The van der Waals surface area contributed by atoms with Gasteiger partial charge in [0.2, 0.25) is 0 Å². The van der Waals surface area contributed by atoms with Crippen molar-refractivity contribution in [2.75, 3.05) is 6.61 Å². The monoisotopic (exact) mass is 503 g/mol. The molecular weight excluding hydrogens is 458 g/mol. The molecular formula is C24H45NO8Si. The van der Waals surface area contributed by atoms with E-state index in [0.29, 0.717) is 6.61 Å². The van der Waals surface area contributed by atoms with Crippen LogP contribution in [0.1, 0.15) is 69.2 Å². The normalized spacial score (nSPS) is 34.3. The number of nitrogens with zero attached hydrogens (tertiary/aromatic N) is 1. The van der Waals surface area contributed by atoms with Gasteiger partial charge in [0.05, 0.1) is 18.8 Å². The van der Waals surface area contributed by atoms with Crippen LogP contribution < -0.4 is 0 Å². The fourth-order valence-electron chi connectivity index (χ4n) is 4.45. The van der Waals surface area contributed by atoms with Crippen LogP contribution in [0.5, 0.6) is 0 Å². The summed E-state index contributed by atoms with van der Waals surface area (Å²) in [5.41, 5.74) is -0.745. The lowest BCUT2D eigenvalue weighted by Crippen LogP contribution is -2.60. The number of ether oxygens (including phenoxy) is 5. The zero-order valence-electron chi connectivity index (χ0n) is 22.9. The van der Waals surface area contributed by atoms with Crippen LogP contribution in [0.2, 0.25) is 18.1 Å². The Labute approximate surface area is 205 Å². The van der Waals surface area contributed by atoms with Gasteiger partial charge in [0.15, 0.2) is 26.1 Å². The standard InChI is InChI=1S/C24H45NO8Si/c1-21(2,3)32-20(27)25-15(17-18(19(25)26)31-24(9,10)30-17)16(14-13-28-23(7,8)29-14)33-34(11,12)22(4,5)6/h14-19,26H,13H2,1-12H3/t14-,15+,16-,17+,18+,19?/m1/s1. The molecule has 9 nitrogen and oxygen atoms in total. The van der Waals surface area contributed by atoms with E-state index < -0.39 is 68.3 Å². The molecule has 0 saturated carbocycles. The molecule has 1 amide bonds. The largest absolute Gasteiger partial charge is 0.444 e. The van der Waals surface area contributed by atoms with E-state index in [2.05, 4.69) is 33.9 Å². The van der Waals surface area contributed by atoms with Crippen LogP contribution in [0.4, 0.5) is 4.79 Å². The lowest BCUT2D eigenvalue weighted by Gasteiger charge is -2.45. The van der Waals surface area contributed by atoms with Gasteiger partial charge in [0.25, 0.3) is 0 Å². The summed E-state index contributed by atoms with van der Waals surface area (Å²) in [6, 6.07) is -0.701. The second-order valence-corrected chi connectivity index (χ2v) is 17.8. The van der Waals surface area contributed by atoms with Crippen molar-refractivity contribution in [3.63, 3.8) is 0 Å². The van der Waals surface area contributed by atoms with Gasteiger partial charge in [-0.25, -0.2) is 4.79 Å². The lowest BCUT2D eigenvalue weighted by molar-refractivity contribution is -0.196. The minimum Gasteiger partial charge on any atom is -0.444 e. The lowest BCUT2D eigenvalue weighted by atomic mass is 10.00. The summed E-state index contributed by atoms with van der Waals surface area (Å²) < 4.78 is 37.1. The van der Waals surface area contributed by atoms with E-state index in [9.17, 15) is 9.90 Å². The van der Waals surface area contributed by atoms with Crippen molar-refractivity contribution in [1.82, 2.24) is 4.90 Å². The van der Waals surface area contributed by atoms with Crippen molar-refractivity contribution in [3.8, 4) is 0 Å². The number of aliphatic hydroxyl groups excluding tert-OH is 1. The Bertz CT molecular complexity index is 772. The molecule has 3 aliphatic rings. The number of amides is 1. The molecule has 6 atom stereocenters. The van der Waals surface area contributed by atoms with E-state index in [4.69, 9.17) is 28.1 Å². The van der Waals surface area contributed by atoms with E-state index in [0.717, 1.165) is 0 Å². The molecule has 1 unspecified atom stereocenters. The van der Waals surface area contributed by atoms with Crippen LogP contribution in [-0.2, 0) is 28.1 Å². The molecule has 0 aromatic carbocycles. The third-order valence-corrected chi connectivity index (χ3v) is 11.4. The minimum absolute atomic E-state index is 0.0973. The molecule has 0 bridgehead atoms. The van der Waals surface area contributed by atoms with Crippen molar-refractivity contribution in [3.05, 3.63) is 0 Å². The van der Waals surface area contributed by atoms with Crippen molar-refractivity contribution < 1.29 is 38.0 Å². The summed E-state index contributed by atoms with van der Waals surface area (Å²) >= 11 is 0. The number of carbonyl (C=O) groups excluding carboxylic acids is 1. The van der Waals surface area contributed by atoms with Gasteiger partial charge in [-0.3, -0.25) is 4.90 Å². The molecule has 1 N–H and O–H groups in total. The van der Waals surface area contributed by atoms with Crippen LogP contribution in [-0.4, -0.2) is 84.9 Å². The topological polar surface area (TPSA) is 95.9 Å². The second-order valence-electron chi connectivity index (χ2n) is 13.1. The molecule has 0 aromatic heterocycles. The maximum absolute atomic E-state index is 13.4. The average Bonchev–Trinajstić information content (AvgIpc) is 3.20. The number of likely N-dealkylation sites (tertiary alicyclic amines) is 1. The van der Waals surface area contributed by atoms with E-state index in [1.54, 1.807) is 34.6 Å². The number of hydrogen-bond donors (Lipinski definition) is 1. The predicted molar refractivity (Wildman–Crippen MR) is 129 cm³/mol. The zero-order valence-corrected chi connectivity index (χ0v) is 23.9. The SMILES string of the molecule is CC(C)(C)OC(=O)N1C(O)[C@H]2OC(C)(C)O[C@H]2[C@@H]1[C@H](O[Si](C)(C)C(C)(C)C)[C@H]1COC(C)(C)O1. The molecule has 0 aromatic rings. The molecule has 34 heavy (non-hydrogen) atoms. The molecule has 0 spiro atoms. The van der Waals surface area contributed by atoms with E-state index >= 15 is 0 Å². The third-order valence-electron chi connectivity index (χ3n) is 6.97. The maximum atomic E-state index is 13.4. The summed E-state index contributed by atoms with van der Waals surface area (Å²) in [6.45, 7) is 23.7. The molecule has 0 aliphatic carbocycles. The number of carbonyl (C=O) groups is 1. The van der Waals surface area contributed by atoms with E-state index in [1.807, 2.05) is 13.8 Å². The first-order valence-corrected chi connectivity index (χ1v) is 15.1. The fraction of sp³-hybridized carbons (Fsp3) is 0.958. The van der Waals surface area contributed by atoms with Gasteiger partial charge in [-0.15, -0.1) is 0 Å². The Morgan fingerprint density at radius 1 is 1.00 bits per heavy atom. The van der Waals surface area contributed by atoms with Gasteiger partial charge < -0.3 is 33.2 Å². The van der Waals surface area contributed by atoms with E-state index in [1.165, 1.54) is 4.90 Å². The molecule has 198 valence electrons. The number of hydrogen-bond acceptors (Lipinski definition) is 8. The molecule has 3 aliphatic heterocycles. The highest BCUT2D eigenvalue weighted by Gasteiger charge is 2.64. The molecule has 3 fully saturated rings. The molecule has 3 heterocycles. The molecule has 10 heteroatoms. The summed E-state index contributed by atoms with van der Waals surface area (Å²) in [4.78, 5) is 14.7. The van der Waals surface area contributed by atoms with Crippen molar-refractivity contribution in [2.45, 2.75) is 141 Å². The first-order chi connectivity index (χ1) is 15.1. The van der Waals surface area contributed by atoms with Crippen molar-refractivity contribution in [1.29, 1.82) is 0 Å². The predicted octanol–water partition coefficient (Wildman–Crippen LogP) is 3.99.